The van der Waals surface area contributed by atoms with Gasteiger partial charge in [0.25, 0.3) is 0 Å². The molecule has 2 aromatic carbocycles. The zero-order chi connectivity index (χ0) is 12.5. The van der Waals surface area contributed by atoms with Crippen LogP contribution in [0.15, 0.2) is 48.5 Å². The number of aromatic nitrogens is 1. The van der Waals surface area contributed by atoms with Crippen LogP contribution in [-0.4, -0.2) is 9.30 Å². The van der Waals surface area contributed by atoms with Crippen molar-refractivity contribution in [3.63, 3.8) is 0 Å². The summed E-state index contributed by atoms with van der Waals surface area (Å²) in [6, 6.07) is 16.0. The Kier molecular flexibility index (Phi) is 2.89. The summed E-state index contributed by atoms with van der Waals surface area (Å²) in [4.78, 5) is 4.64. The van der Waals surface area contributed by atoms with Crippen molar-refractivity contribution >= 4 is 56.7 Å². The maximum absolute atomic E-state index is 5.04. The summed E-state index contributed by atoms with van der Waals surface area (Å²) in [5.74, 6) is 0. The number of pyridine rings is 1. The lowest BCUT2D eigenvalue weighted by atomic mass is 10.1. The Morgan fingerprint density at radius 3 is 1.94 bits per heavy atom. The Balaban J connectivity index is 2.45. The fraction of sp³-hybridized carbons (Fsp3) is 0. The summed E-state index contributed by atoms with van der Waals surface area (Å²) in [5, 5.41) is 5.24. The monoisotopic (exact) mass is 270 g/mol. The number of hydrogen-bond acceptors (Lipinski definition) is 2. The van der Waals surface area contributed by atoms with Crippen LogP contribution in [0.2, 0.25) is 0 Å². The Hall–Kier alpha value is -1.65. The van der Waals surface area contributed by atoms with E-state index in [0.717, 1.165) is 27.5 Å². The van der Waals surface area contributed by atoms with Crippen molar-refractivity contribution in [2.75, 3.05) is 5.32 Å². The molecule has 1 heterocycles. The van der Waals surface area contributed by atoms with Gasteiger partial charge >= 0.3 is 0 Å². The van der Waals surface area contributed by atoms with Gasteiger partial charge in [0.05, 0.1) is 16.7 Å². The molecule has 0 radical (unpaired) electrons. The highest BCUT2D eigenvalue weighted by Crippen LogP contribution is 2.30. The van der Waals surface area contributed by atoms with E-state index in [4.69, 9.17) is 12.2 Å². The molecule has 0 amide bonds. The van der Waals surface area contributed by atoms with Gasteiger partial charge in [-0.3, -0.25) is 0 Å². The first-order valence-corrected chi connectivity index (χ1v) is 6.39. The van der Waals surface area contributed by atoms with E-state index in [-0.39, 0.29) is 0 Å². The Morgan fingerprint density at radius 1 is 0.944 bits per heavy atom. The standard InChI is InChI=1S/C14H10N2S2/c17-14(18)16-13-9-5-1-3-7-11(9)15-12-8-4-2-6-10(12)13/h1-8H,(H2,15,16,17,18). The van der Waals surface area contributed by atoms with E-state index < -0.39 is 0 Å². The summed E-state index contributed by atoms with van der Waals surface area (Å²) in [6.07, 6.45) is 0. The van der Waals surface area contributed by atoms with E-state index in [1.165, 1.54) is 0 Å². The molecule has 0 aliphatic carbocycles. The first-order chi connectivity index (χ1) is 8.75. The number of anilines is 1. The lowest BCUT2D eigenvalue weighted by Crippen LogP contribution is -2.03. The van der Waals surface area contributed by atoms with E-state index in [1.54, 1.807) is 0 Å². The number of benzene rings is 2. The topological polar surface area (TPSA) is 24.9 Å². The molecule has 0 bridgehead atoms. The number of hydrogen-bond donors (Lipinski definition) is 2. The van der Waals surface area contributed by atoms with E-state index in [1.807, 2.05) is 48.5 Å². The number of nitrogens with one attached hydrogen (secondary N) is 1. The number of thiocarbonyl (C=S) groups is 1. The molecular formula is C14H10N2S2. The zero-order valence-electron chi connectivity index (χ0n) is 9.42. The van der Waals surface area contributed by atoms with Gasteiger partial charge in [0, 0.05) is 10.8 Å². The highest BCUT2D eigenvalue weighted by atomic mass is 32.1. The van der Waals surface area contributed by atoms with Gasteiger partial charge in [-0.05, 0) is 12.1 Å². The summed E-state index contributed by atoms with van der Waals surface area (Å²) in [6.45, 7) is 0. The second-order valence-electron chi connectivity index (χ2n) is 3.95. The predicted octanol–water partition coefficient (Wildman–Crippen LogP) is 4.01. The second kappa shape index (κ2) is 4.55. The second-order valence-corrected chi connectivity index (χ2v) is 5.11. The predicted molar refractivity (Wildman–Crippen MR) is 84.5 cm³/mol. The van der Waals surface area contributed by atoms with Crippen molar-refractivity contribution < 1.29 is 0 Å². The SMILES string of the molecule is S=C(S)Nc1c2ccccc2nc2ccccc12. The first kappa shape index (κ1) is 11.4. The number of rotatable bonds is 1. The molecular weight excluding hydrogens is 260 g/mol. The number of nitrogens with zero attached hydrogens (tertiary/aromatic N) is 1. The Bertz CT molecular complexity index is 699. The van der Waals surface area contributed by atoms with Crippen molar-refractivity contribution in [2.45, 2.75) is 0 Å². The third-order valence-corrected chi connectivity index (χ3v) is 3.03. The number of fused-ring (bicyclic) bond motifs is 2. The van der Waals surface area contributed by atoms with Crippen molar-refractivity contribution in [1.29, 1.82) is 0 Å². The van der Waals surface area contributed by atoms with Crippen LogP contribution >= 0.6 is 24.8 Å². The Morgan fingerprint density at radius 2 is 1.44 bits per heavy atom. The van der Waals surface area contributed by atoms with Gasteiger partial charge < -0.3 is 5.32 Å². The van der Waals surface area contributed by atoms with Crippen LogP contribution in [-0.2, 0) is 0 Å². The van der Waals surface area contributed by atoms with E-state index in [9.17, 15) is 0 Å². The molecule has 0 saturated carbocycles. The van der Waals surface area contributed by atoms with E-state index in [2.05, 4.69) is 22.9 Å². The fourth-order valence-electron chi connectivity index (χ4n) is 2.08. The molecule has 0 atom stereocenters. The molecule has 0 aliphatic rings. The molecule has 0 fully saturated rings. The van der Waals surface area contributed by atoms with Crippen molar-refractivity contribution in [2.24, 2.45) is 0 Å². The third kappa shape index (κ3) is 1.94. The highest BCUT2D eigenvalue weighted by Gasteiger charge is 2.08. The molecule has 0 unspecified atom stereocenters. The van der Waals surface area contributed by atoms with Crippen LogP contribution in [0.25, 0.3) is 21.8 Å². The molecule has 2 nitrogen and oxygen atoms in total. The van der Waals surface area contributed by atoms with Gasteiger partial charge in [-0.2, -0.15) is 0 Å². The average Bonchev–Trinajstić information content (AvgIpc) is 2.38. The minimum Gasteiger partial charge on any atom is -0.340 e. The maximum Gasteiger partial charge on any atom is 0.135 e. The van der Waals surface area contributed by atoms with Crippen LogP contribution in [0.5, 0.6) is 0 Å². The van der Waals surface area contributed by atoms with Gasteiger partial charge in [0.15, 0.2) is 0 Å². The molecule has 18 heavy (non-hydrogen) atoms. The van der Waals surface area contributed by atoms with Crippen molar-refractivity contribution in [3.8, 4) is 0 Å². The van der Waals surface area contributed by atoms with Crippen molar-refractivity contribution in [3.05, 3.63) is 48.5 Å². The Labute approximate surface area is 115 Å². The summed E-state index contributed by atoms with van der Waals surface area (Å²) in [5.41, 5.74) is 2.86. The van der Waals surface area contributed by atoms with Gasteiger partial charge in [0.2, 0.25) is 0 Å². The normalized spacial score (nSPS) is 10.7. The van der Waals surface area contributed by atoms with Crippen LogP contribution < -0.4 is 5.32 Å². The number of para-hydroxylation sites is 2. The minimum absolute atomic E-state index is 0.455. The van der Waals surface area contributed by atoms with Crippen LogP contribution in [0.1, 0.15) is 0 Å². The molecule has 1 N–H and O–H groups in total. The third-order valence-electron chi connectivity index (χ3n) is 2.82. The van der Waals surface area contributed by atoms with Crippen molar-refractivity contribution in [1.82, 2.24) is 4.98 Å². The highest BCUT2D eigenvalue weighted by molar-refractivity contribution is 8.11. The quantitative estimate of drug-likeness (QED) is 0.397. The molecule has 3 aromatic rings. The molecule has 88 valence electrons. The van der Waals surface area contributed by atoms with Gasteiger partial charge in [-0.1, -0.05) is 48.6 Å². The maximum atomic E-state index is 5.04. The minimum atomic E-state index is 0.455. The molecule has 0 spiro atoms. The smallest absolute Gasteiger partial charge is 0.135 e. The molecule has 3 rings (SSSR count). The molecule has 0 saturated heterocycles. The largest absolute Gasteiger partial charge is 0.340 e. The van der Waals surface area contributed by atoms with Gasteiger partial charge in [0.1, 0.15) is 4.32 Å². The van der Waals surface area contributed by atoms with Gasteiger partial charge in [-0.15, -0.1) is 12.6 Å². The van der Waals surface area contributed by atoms with E-state index in [0.29, 0.717) is 4.32 Å². The molecule has 0 aliphatic heterocycles. The lowest BCUT2D eigenvalue weighted by molar-refractivity contribution is 1.50. The summed E-state index contributed by atoms with van der Waals surface area (Å²) < 4.78 is 0.455. The number of thiol groups is 1. The van der Waals surface area contributed by atoms with Crippen LogP contribution in [0.3, 0.4) is 0 Å². The van der Waals surface area contributed by atoms with Gasteiger partial charge in [-0.25, -0.2) is 4.98 Å². The van der Waals surface area contributed by atoms with Crippen LogP contribution in [0, 0.1) is 0 Å². The summed E-state index contributed by atoms with van der Waals surface area (Å²) >= 11 is 9.20. The molecule has 1 aromatic heterocycles. The summed E-state index contributed by atoms with van der Waals surface area (Å²) in [7, 11) is 0. The van der Waals surface area contributed by atoms with Crippen LogP contribution in [0.4, 0.5) is 5.69 Å². The zero-order valence-corrected chi connectivity index (χ0v) is 11.1. The lowest BCUT2D eigenvalue weighted by Gasteiger charge is -2.11. The fourth-order valence-corrected chi connectivity index (χ4v) is 2.30. The average molecular weight is 270 g/mol. The molecule has 4 heteroatoms. The first-order valence-electron chi connectivity index (χ1n) is 5.53. The van der Waals surface area contributed by atoms with E-state index >= 15 is 0 Å².